The summed E-state index contributed by atoms with van der Waals surface area (Å²) in [6.45, 7) is -0.924. The molecule has 10 nitrogen and oxygen atoms in total. The normalized spacial score (nSPS) is 49.5. The molecule has 0 aromatic heterocycles. The average molecular weight is 274 g/mol. The van der Waals surface area contributed by atoms with Crippen LogP contribution in [0.3, 0.4) is 0 Å². The highest BCUT2D eigenvalue weighted by Crippen LogP contribution is 2.76. The summed E-state index contributed by atoms with van der Waals surface area (Å²) in [5, 5.41) is 55.6. The molecule has 0 amide bonds. The van der Waals surface area contributed by atoms with Crippen LogP contribution in [0.4, 0.5) is 0 Å². The van der Waals surface area contributed by atoms with Crippen LogP contribution in [0.15, 0.2) is 0 Å². The van der Waals surface area contributed by atoms with Crippen LogP contribution in [0.25, 0.3) is 0 Å². The van der Waals surface area contributed by atoms with Gasteiger partial charge >= 0.3 is 13.8 Å². The Bertz CT molecular complexity index is 362. The van der Waals surface area contributed by atoms with E-state index in [1.807, 2.05) is 0 Å². The molecular formula is C6H11O10P. The lowest BCUT2D eigenvalue weighted by Crippen LogP contribution is -2.64. The minimum Gasteiger partial charge on any atom is -0.394 e. The van der Waals surface area contributed by atoms with Crippen molar-refractivity contribution in [1.29, 1.82) is 0 Å². The maximum atomic E-state index is 11.2. The Kier molecular flexibility index (Phi) is 2.88. The Morgan fingerprint density at radius 2 is 1.65 bits per heavy atom. The standard InChI is InChI=1S/C6H11O10P/c7-1-2(8)3(9)4(10)5(11)6(12)15-17(13,14-5)16-6/h2-4,7-12H,1H2/t2-,3+,4-,5+,6?,17?/m0/s1. The van der Waals surface area contributed by atoms with Crippen LogP contribution < -0.4 is 0 Å². The zero-order valence-corrected chi connectivity index (χ0v) is 9.10. The Labute approximate surface area is 94.2 Å². The molecule has 100 valence electrons. The molecule has 0 aliphatic carbocycles. The lowest BCUT2D eigenvalue weighted by atomic mass is 9.98. The van der Waals surface area contributed by atoms with Gasteiger partial charge in [0.15, 0.2) is 0 Å². The highest BCUT2D eigenvalue weighted by Gasteiger charge is 2.82. The fourth-order valence-electron chi connectivity index (χ4n) is 1.50. The first kappa shape index (κ1) is 13.3. The number of hydrogen-bond acceptors (Lipinski definition) is 10. The largest absolute Gasteiger partial charge is 0.486 e. The molecule has 4 atom stereocenters. The molecule has 3 heterocycles. The summed E-state index contributed by atoms with van der Waals surface area (Å²) in [7, 11) is -4.13. The predicted octanol–water partition coefficient (Wildman–Crippen LogP) is -3.42. The molecule has 3 aliphatic heterocycles. The number of aliphatic hydroxyl groups excluding tert-OH is 4. The van der Waals surface area contributed by atoms with Gasteiger partial charge in [-0.05, 0) is 0 Å². The Morgan fingerprint density at radius 3 is 2.00 bits per heavy atom. The van der Waals surface area contributed by atoms with Crippen molar-refractivity contribution >= 4 is 7.82 Å². The van der Waals surface area contributed by atoms with Crippen molar-refractivity contribution in [2.75, 3.05) is 6.61 Å². The predicted molar refractivity (Wildman–Crippen MR) is 45.9 cm³/mol. The van der Waals surface area contributed by atoms with Crippen LogP contribution in [0.2, 0.25) is 0 Å². The summed E-state index contributed by atoms with van der Waals surface area (Å²) in [6, 6.07) is 0. The SMILES string of the molecule is O=P12OC(O)(O1)[C@@](O)([C@@H](O)[C@H](O)[C@@H](O)CO)O2. The van der Waals surface area contributed by atoms with Gasteiger partial charge in [-0.3, -0.25) is 0 Å². The molecular weight excluding hydrogens is 263 g/mol. The molecule has 3 fully saturated rings. The van der Waals surface area contributed by atoms with E-state index in [4.69, 9.17) is 10.2 Å². The smallest absolute Gasteiger partial charge is 0.394 e. The fourth-order valence-corrected chi connectivity index (χ4v) is 3.02. The van der Waals surface area contributed by atoms with Crippen LogP contribution in [0.1, 0.15) is 0 Å². The molecule has 0 spiro atoms. The van der Waals surface area contributed by atoms with Crippen molar-refractivity contribution in [2.24, 2.45) is 0 Å². The first-order valence-electron chi connectivity index (χ1n) is 4.49. The fraction of sp³-hybridized carbons (Fsp3) is 1.00. The van der Waals surface area contributed by atoms with Gasteiger partial charge in [0.2, 0.25) is 0 Å². The van der Waals surface area contributed by atoms with Crippen molar-refractivity contribution in [3.05, 3.63) is 0 Å². The Balaban J connectivity index is 2.20. The molecule has 3 saturated heterocycles. The van der Waals surface area contributed by atoms with E-state index in [0.717, 1.165) is 0 Å². The number of rotatable bonds is 4. The van der Waals surface area contributed by atoms with Gasteiger partial charge < -0.3 is 30.6 Å². The van der Waals surface area contributed by atoms with Crippen LogP contribution in [0, 0.1) is 0 Å². The third-order valence-electron chi connectivity index (χ3n) is 2.48. The van der Waals surface area contributed by atoms with E-state index in [9.17, 15) is 25.0 Å². The summed E-state index contributed by atoms with van der Waals surface area (Å²) < 4.78 is 23.9. The minimum atomic E-state index is -4.13. The van der Waals surface area contributed by atoms with Crippen molar-refractivity contribution < 1.29 is 48.8 Å². The number of aliphatic hydroxyl groups is 6. The van der Waals surface area contributed by atoms with Crippen LogP contribution in [-0.2, 0) is 18.1 Å². The highest BCUT2D eigenvalue weighted by atomic mass is 31.2. The molecule has 2 bridgehead atoms. The quantitative estimate of drug-likeness (QED) is 0.284. The van der Waals surface area contributed by atoms with E-state index in [1.54, 1.807) is 0 Å². The maximum Gasteiger partial charge on any atom is 0.486 e. The summed E-state index contributed by atoms with van der Waals surface area (Å²) >= 11 is 0. The number of fused-ring (bicyclic) bond motifs is 1. The molecule has 0 radical (unpaired) electrons. The minimum absolute atomic E-state index is 0.924. The van der Waals surface area contributed by atoms with Gasteiger partial charge in [-0.15, -0.1) is 0 Å². The van der Waals surface area contributed by atoms with E-state index in [2.05, 4.69) is 13.6 Å². The van der Waals surface area contributed by atoms with Gasteiger partial charge in [0, 0.05) is 0 Å². The summed E-state index contributed by atoms with van der Waals surface area (Å²) in [5.41, 5.74) is 0. The lowest BCUT2D eigenvalue weighted by Gasteiger charge is -2.37. The monoisotopic (exact) mass is 274 g/mol. The van der Waals surface area contributed by atoms with Gasteiger partial charge in [0.1, 0.15) is 18.3 Å². The van der Waals surface area contributed by atoms with Gasteiger partial charge in [0.05, 0.1) is 6.61 Å². The van der Waals surface area contributed by atoms with E-state index in [-0.39, 0.29) is 0 Å². The Morgan fingerprint density at radius 1 is 1.12 bits per heavy atom. The molecule has 0 saturated carbocycles. The van der Waals surface area contributed by atoms with Gasteiger partial charge in [-0.2, -0.15) is 0 Å². The summed E-state index contributed by atoms with van der Waals surface area (Å²) in [4.78, 5) is 0. The first-order chi connectivity index (χ1) is 7.67. The Hall–Kier alpha value is -0.130. The topological polar surface area (TPSA) is 166 Å². The third kappa shape index (κ3) is 1.66. The van der Waals surface area contributed by atoms with Crippen molar-refractivity contribution in [2.45, 2.75) is 30.1 Å². The second-order valence-corrected chi connectivity index (χ2v) is 5.13. The van der Waals surface area contributed by atoms with Gasteiger partial charge in [0.25, 0.3) is 5.79 Å². The molecule has 0 aromatic carbocycles. The van der Waals surface area contributed by atoms with Crippen molar-refractivity contribution in [3.8, 4) is 0 Å². The molecule has 3 aliphatic rings. The number of phosphoric ester groups is 1. The molecule has 3 rings (SSSR count). The van der Waals surface area contributed by atoms with Gasteiger partial charge in [-0.1, -0.05) is 0 Å². The lowest BCUT2D eigenvalue weighted by molar-refractivity contribution is -0.417. The molecule has 11 heteroatoms. The van der Waals surface area contributed by atoms with E-state index >= 15 is 0 Å². The molecule has 17 heavy (non-hydrogen) atoms. The zero-order chi connectivity index (χ0) is 13.1. The third-order valence-corrected chi connectivity index (χ3v) is 3.92. The molecule has 0 unspecified atom stereocenters. The average Bonchev–Trinajstić information content (AvgIpc) is 2.55. The summed E-state index contributed by atoms with van der Waals surface area (Å²) in [5.74, 6) is -5.92. The number of phosphoric acid groups is 1. The van der Waals surface area contributed by atoms with Crippen molar-refractivity contribution in [3.63, 3.8) is 0 Å². The zero-order valence-electron chi connectivity index (χ0n) is 8.20. The van der Waals surface area contributed by atoms with Crippen LogP contribution in [0.5, 0.6) is 0 Å². The van der Waals surface area contributed by atoms with Crippen LogP contribution in [-0.4, -0.2) is 67.3 Å². The molecule has 0 aromatic rings. The van der Waals surface area contributed by atoms with E-state index in [1.165, 1.54) is 0 Å². The highest BCUT2D eigenvalue weighted by molar-refractivity contribution is 7.50. The van der Waals surface area contributed by atoms with Gasteiger partial charge in [-0.25, -0.2) is 18.1 Å². The first-order valence-corrected chi connectivity index (χ1v) is 5.95. The summed E-state index contributed by atoms with van der Waals surface area (Å²) in [6.07, 6.45) is -6.23. The van der Waals surface area contributed by atoms with E-state index in [0.29, 0.717) is 0 Å². The second-order valence-electron chi connectivity index (χ2n) is 3.68. The van der Waals surface area contributed by atoms with Crippen molar-refractivity contribution in [1.82, 2.24) is 0 Å². The number of hydrogen-bond donors (Lipinski definition) is 6. The van der Waals surface area contributed by atoms with Crippen LogP contribution >= 0.6 is 7.82 Å². The maximum absolute atomic E-state index is 11.2. The molecule has 6 N–H and O–H groups in total. The van der Waals surface area contributed by atoms with E-state index < -0.39 is 44.5 Å². The second kappa shape index (κ2) is 3.68.